The van der Waals surface area contributed by atoms with Gasteiger partial charge in [-0.05, 0) is 53.2 Å². The van der Waals surface area contributed by atoms with Crippen LogP contribution in [0.25, 0.3) is 0 Å². The van der Waals surface area contributed by atoms with Crippen LogP contribution in [-0.2, 0) is 0 Å². The first-order valence-electron chi connectivity index (χ1n) is 7.75. The molecular weight excluding hydrogens is 333 g/mol. The van der Waals surface area contributed by atoms with Crippen LogP contribution in [0.2, 0.25) is 0 Å². The van der Waals surface area contributed by atoms with E-state index in [4.69, 9.17) is 0 Å². The average Bonchev–Trinajstić information content (AvgIpc) is 2.95. The van der Waals surface area contributed by atoms with Crippen molar-refractivity contribution < 1.29 is 9.18 Å². The molecule has 0 atom stereocenters. The summed E-state index contributed by atoms with van der Waals surface area (Å²) in [4.78, 5) is 14.8. The molecule has 1 aliphatic carbocycles. The third-order valence-corrected chi connectivity index (χ3v) is 4.96. The molecule has 2 rings (SSSR count). The highest BCUT2D eigenvalue weighted by Crippen LogP contribution is 2.28. The Hall–Kier alpha value is -0.900. The van der Waals surface area contributed by atoms with Gasteiger partial charge in [0.25, 0.3) is 5.91 Å². The van der Waals surface area contributed by atoms with Crippen molar-refractivity contribution in [3.63, 3.8) is 0 Å². The van der Waals surface area contributed by atoms with Crippen LogP contribution in [0, 0.1) is 11.7 Å². The molecule has 0 radical (unpaired) electrons. The minimum Gasteiger partial charge on any atom is -0.336 e. The van der Waals surface area contributed by atoms with E-state index in [1.54, 1.807) is 12.1 Å². The van der Waals surface area contributed by atoms with E-state index >= 15 is 0 Å². The molecule has 0 aliphatic heterocycles. The number of hydrogen-bond acceptors (Lipinski definition) is 1. The van der Waals surface area contributed by atoms with Gasteiger partial charge in [-0.2, -0.15) is 0 Å². The van der Waals surface area contributed by atoms with Gasteiger partial charge in [0.05, 0.1) is 10.0 Å². The van der Waals surface area contributed by atoms with Crippen LogP contribution >= 0.6 is 15.9 Å². The number of rotatable bonds is 5. The monoisotopic (exact) mass is 355 g/mol. The number of carbonyl (C=O) groups is 1. The first-order valence-corrected chi connectivity index (χ1v) is 8.55. The van der Waals surface area contributed by atoms with Crippen LogP contribution in [0.4, 0.5) is 4.39 Å². The number of amides is 1. The Morgan fingerprint density at radius 3 is 2.67 bits per heavy atom. The van der Waals surface area contributed by atoms with Crippen LogP contribution in [0.15, 0.2) is 22.7 Å². The van der Waals surface area contributed by atoms with Gasteiger partial charge in [0.2, 0.25) is 0 Å². The smallest absolute Gasteiger partial charge is 0.255 e. The van der Waals surface area contributed by atoms with Gasteiger partial charge < -0.3 is 4.90 Å². The quantitative estimate of drug-likeness (QED) is 0.726. The van der Waals surface area contributed by atoms with Crippen molar-refractivity contribution in [2.75, 3.05) is 6.54 Å². The molecule has 0 aromatic heterocycles. The lowest BCUT2D eigenvalue weighted by Crippen LogP contribution is -2.40. The lowest BCUT2D eigenvalue weighted by Gasteiger charge is -2.30. The molecule has 21 heavy (non-hydrogen) atoms. The normalized spacial score (nSPS) is 15.7. The molecule has 1 amide bonds. The maximum absolute atomic E-state index is 13.7. The van der Waals surface area contributed by atoms with Crippen LogP contribution in [0.5, 0.6) is 0 Å². The maximum Gasteiger partial charge on any atom is 0.255 e. The summed E-state index contributed by atoms with van der Waals surface area (Å²) in [7, 11) is 0. The standard InChI is InChI=1S/C17H23BrFNO/c1-12(2)10-11-20(13-6-3-4-7-13)17(21)14-8-5-9-15(19)16(14)18/h5,8-9,12-13H,3-4,6-7,10-11H2,1-2H3. The number of benzene rings is 1. The number of carbonyl (C=O) groups excluding carboxylic acids is 1. The van der Waals surface area contributed by atoms with Crippen molar-refractivity contribution in [1.82, 2.24) is 4.90 Å². The molecule has 0 unspecified atom stereocenters. The van der Waals surface area contributed by atoms with Gasteiger partial charge >= 0.3 is 0 Å². The third-order valence-electron chi connectivity index (χ3n) is 4.16. The molecule has 4 heteroatoms. The van der Waals surface area contributed by atoms with Gasteiger partial charge in [0, 0.05) is 12.6 Å². The highest BCUT2D eigenvalue weighted by Gasteiger charge is 2.28. The van der Waals surface area contributed by atoms with E-state index in [1.807, 2.05) is 4.90 Å². The van der Waals surface area contributed by atoms with Crippen molar-refractivity contribution in [3.05, 3.63) is 34.1 Å². The van der Waals surface area contributed by atoms with Gasteiger partial charge in [-0.1, -0.05) is 32.8 Å². The average molecular weight is 356 g/mol. The van der Waals surface area contributed by atoms with E-state index in [0.29, 0.717) is 17.5 Å². The Balaban J connectivity index is 2.22. The minimum atomic E-state index is -0.379. The van der Waals surface area contributed by atoms with Gasteiger partial charge in [-0.3, -0.25) is 4.79 Å². The first kappa shape index (κ1) is 16.5. The zero-order chi connectivity index (χ0) is 15.4. The van der Waals surface area contributed by atoms with E-state index in [0.717, 1.165) is 25.8 Å². The molecule has 2 nitrogen and oxygen atoms in total. The largest absolute Gasteiger partial charge is 0.336 e. The zero-order valence-electron chi connectivity index (χ0n) is 12.7. The number of nitrogens with zero attached hydrogens (tertiary/aromatic N) is 1. The Labute approximate surface area is 134 Å². The SMILES string of the molecule is CC(C)CCN(C(=O)c1cccc(F)c1Br)C1CCCC1. The second-order valence-electron chi connectivity index (χ2n) is 6.22. The predicted molar refractivity (Wildman–Crippen MR) is 86.8 cm³/mol. The first-order chi connectivity index (χ1) is 10.0. The molecular formula is C17H23BrFNO. The summed E-state index contributed by atoms with van der Waals surface area (Å²) in [6.45, 7) is 5.08. The topological polar surface area (TPSA) is 20.3 Å². The minimum absolute atomic E-state index is 0.0473. The molecule has 0 heterocycles. The summed E-state index contributed by atoms with van der Waals surface area (Å²) < 4.78 is 14.0. The van der Waals surface area contributed by atoms with Gasteiger partial charge in [0.1, 0.15) is 5.82 Å². The number of halogens is 2. The molecule has 1 aromatic rings. The van der Waals surface area contributed by atoms with Crippen molar-refractivity contribution in [2.24, 2.45) is 5.92 Å². The van der Waals surface area contributed by atoms with E-state index in [1.165, 1.54) is 18.9 Å². The van der Waals surface area contributed by atoms with Crippen LogP contribution in [0.1, 0.15) is 56.3 Å². The van der Waals surface area contributed by atoms with Crippen molar-refractivity contribution in [1.29, 1.82) is 0 Å². The summed E-state index contributed by atoms with van der Waals surface area (Å²) in [6.07, 6.45) is 5.48. The van der Waals surface area contributed by atoms with Gasteiger partial charge in [-0.25, -0.2) is 4.39 Å². The molecule has 1 fully saturated rings. The summed E-state index contributed by atoms with van der Waals surface area (Å²) in [5, 5.41) is 0. The summed E-state index contributed by atoms with van der Waals surface area (Å²) in [5.41, 5.74) is 0.436. The lowest BCUT2D eigenvalue weighted by atomic mass is 10.1. The van der Waals surface area contributed by atoms with Gasteiger partial charge in [-0.15, -0.1) is 0 Å². The van der Waals surface area contributed by atoms with Crippen molar-refractivity contribution >= 4 is 21.8 Å². The molecule has 1 aromatic carbocycles. The maximum atomic E-state index is 13.7. The Morgan fingerprint density at radius 2 is 2.05 bits per heavy atom. The van der Waals surface area contributed by atoms with E-state index in [9.17, 15) is 9.18 Å². The zero-order valence-corrected chi connectivity index (χ0v) is 14.3. The van der Waals surface area contributed by atoms with Crippen molar-refractivity contribution in [2.45, 2.75) is 52.0 Å². The highest BCUT2D eigenvalue weighted by molar-refractivity contribution is 9.10. The molecule has 116 valence electrons. The fourth-order valence-electron chi connectivity index (χ4n) is 2.89. The van der Waals surface area contributed by atoms with E-state index < -0.39 is 0 Å². The van der Waals surface area contributed by atoms with Crippen LogP contribution in [-0.4, -0.2) is 23.4 Å². The number of hydrogen-bond donors (Lipinski definition) is 0. The molecule has 0 bridgehead atoms. The highest BCUT2D eigenvalue weighted by atomic mass is 79.9. The summed E-state index contributed by atoms with van der Waals surface area (Å²) in [5.74, 6) is 0.127. The second kappa shape index (κ2) is 7.39. The second-order valence-corrected chi connectivity index (χ2v) is 7.01. The van der Waals surface area contributed by atoms with E-state index in [-0.39, 0.29) is 16.2 Å². The molecule has 0 spiro atoms. The van der Waals surface area contributed by atoms with Crippen LogP contribution in [0.3, 0.4) is 0 Å². The Morgan fingerprint density at radius 1 is 1.38 bits per heavy atom. The third kappa shape index (κ3) is 4.06. The fourth-order valence-corrected chi connectivity index (χ4v) is 3.32. The Bertz CT molecular complexity index is 498. The van der Waals surface area contributed by atoms with Gasteiger partial charge in [0.15, 0.2) is 0 Å². The van der Waals surface area contributed by atoms with Crippen LogP contribution < -0.4 is 0 Å². The lowest BCUT2D eigenvalue weighted by molar-refractivity contribution is 0.0670. The molecule has 0 saturated heterocycles. The molecule has 1 aliphatic rings. The Kier molecular flexibility index (Phi) is 5.80. The summed E-state index contributed by atoms with van der Waals surface area (Å²) >= 11 is 3.22. The molecule has 1 saturated carbocycles. The predicted octanol–water partition coefficient (Wildman–Crippen LogP) is 5.02. The molecule has 0 N–H and O–H groups in total. The summed E-state index contributed by atoms with van der Waals surface area (Å²) in [6, 6.07) is 4.98. The van der Waals surface area contributed by atoms with E-state index in [2.05, 4.69) is 29.8 Å². The van der Waals surface area contributed by atoms with Crippen molar-refractivity contribution in [3.8, 4) is 0 Å². The fraction of sp³-hybridized carbons (Fsp3) is 0.588.